The summed E-state index contributed by atoms with van der Waals surface area (Å²) in [5, 5.41) is 19.5. The minimum atomic E-state index is -1.22. The summed E-state index contributed by atoms with van der Waals surface area (Å²) < 4.78 is 13.3. The van der Waals surface area contributed by atoms with Crippen molar-refractivity contribution in [1.29, 1.82) is 0 Å². The first-order chi connectivity index (χ1) is 9.88. The summed E-state index contributed by atoms with van der Waals surface area (Å²) in [5.74, 6) is -2.11. The van der Waals surface area contributed by atoms with Gasteiger partial charge in [0.25, 0.3) is 5.69 Å². The van der Waals surface area contributed by atoms with E-state index in [0.717, 1.165) is 23.9 Å². The van der Waals surface area contributed by atoms with Crippen LogP contribution in [0.3, 0.4) is 0 Å². The highest BCUT2D eigenvalue weighted by Gasteiger charge is 2.19. The second-order valence-electron chi connectivity index (χ2n) is 3.78. The van der Waals surface area contributed by atoms with E-state index in [-0.39, 0.29) is 15.6 Å². The van der Waals surface area contributed by atoms with Gasteiger partial charge >= 0.3 is 5.97 Å². The number of hydrogen-bond acceptors (Lipinski definition) is 5. The third-order valence-electron chi connectivity index (χ3n) is 2.38. The molecule has 6 nitrogen and oxygen atoms in total. The molecule has 1 heterocycles. The third kappa shape index (κ3) is 3.47. The zero-order valence-electron chi connectivity index (χ0n) is 10.1. The molecule has 108 valence electrons. The number of nitro groups is 1. The predicted molar refractivity (Wildman–Crippen MR) is 73.4 cm³/mol. The van der Waals surface area contributed by atoms with Gasteiger partial charge in [-0.1, -0.05) is 23.4 Å². The van der Waals surface area contributed by atoms with Gasteiger partial charge in [-0.05, 0) is 18.2 Å². The number of aromatic nitrogens is 1. The lowest BCUT2D eigenvalue weighted by Crippen LogP contribution is -1.99. The minimum Gasteiger partial charge on any atom is -0.477 e. The fourth-order valence-corrected chi connectivity index (χ4v) is 2.66. The third-order valence-corrected chi connectivity index (χ3v) is 3.70. The van der Waals surface area contributed by atoms with Crippen LogP contribution in [-0.4, -0.2) is 21.0 Å². The molecule has 0 saturated carbocycles. The lowest BCUT2D eigenvalue weighted by Gasteiger charge is -2.05. The fourth-order valence-electron chi connectivity index (χ4n) is 1.46. The van der Waals surface area contributed by atoms with Crippen molar-refractivity contribution in [2.45, 2.75) is 9.79 Å². The van der Waals surface area contributed by atoms with Gasteiger partial charge in [0.1, 0.15) is 11.5 Å². The molecular weight excluding hydrogens is 323 g/mol. The van der Waals surface area contributed by atoms with Crippen molar-refractivity contribution < 1.29 is 19.2 Å². The quantitative estimate of drug-likeness (QED) is 0.680. The molecule has 0 radical (unpaired) electrons. The Labute approximate surface area is 126 Å². The number of halogens is 2. The van der Waals surface area contributed by atoms with Crippen molar-refractivity contribution in [3.05, 3.63) is 57.1 Å². The molecule has 1 aromatic carbocycles. The first-order valence-corrected chi connectivity index (χ1v) is 6.58. The van der Waals surface area contributed by atoms with E-state index in [2.05, 4.69) is 4.98 Å². The summed E-state index contributed by atoms with van der Waals surface area (Å²) in [5.41, 5.74) is -0.647. The van der Waals surface area contributed by atoms with E-state index < -0.39 is 22.4 Å². The van der Waals surface area contributed by atoms with E-state index in [0.29, 0.717) is 4.90 Å². The predicted octanol–water partition coefficient (Wildman–Crippen LogP) is 3.63. The summed E-state index contributed by atoms with van der Waals surface area (Å²) in [6, 6.07) is 4.59. The van der Waals surface area contributed by atoms with Crippen LogP contribution in [0.4, 0.5) is 10.1 Å². The van der Waals surface area contributed by atoms with Crippen LogP contribution in [0, 0.1) is 15.9 Å². The second-order valence-corrected chi connectivity index (χ2v) is 5.30. The molecule has 0 aliphatic carbocycles. The van der Waals surface area contributed by atoms with Crippen LogP contribution in [-0.2, 0) is 0 Å². The number of rotatable bonds is 4. The number of aromatic carboxylic acids is 1. The molecule has 0 spiro atoms. The van der Waals surface area contributed by atoms with Gasteiger partial charge in [0.05, 0.1) is 20.9 Å². The molecule has 9 heteroatoms. The van der Waals surface area contributed by atoms with Crippen molar-refractivity contribution >= 4 is 35.0 Å². The van der Waals surface area contributed by atoms with E-state index in [1.54, 1.807) is 0 Å². The molecule has 21 heavy (non-hydrogen) atoms. The fraction of sp³-hybridized carbons (Fsp3) is 0. The van der Waals surface area contributed by atoms with E-state index in [9.17, 15) is 19.3 Å². The van der Waals surface area contributed by atoms with E-state index >= 15 is 0 Å². The standard InChI is InChI=1S/C12H6ClFN2O4S/c13-7-4-11(10(16(19)20)5-8(7)14)21-6-1-2-15-9(3-6)12(17)18/h1-5H,(H,17,18). The van der Waals surface area contributed by atoms with Gasteiger partial charge in [-0.2, -0.15) is 0 Å². The Morgan fingerprint density at radius 3 is 2.76 bits per heavy atom. The second kappa shape index (κ2) is 6.06. The lowest BCUT2D eigenvalue weighted by molar-refractivity contribution is -0.387. The SMILES string of the molecule is O=C(O)c1cc(Sc2cc(Cl)c(F)cc2[N+](=O)[O-])ccn1. The normalized spacial score (nSPS) is 10.4. The molecule has 1 aromatic heterocycles. The highest BCUT2D eigenvalue weighted by molar-refractivity contribution is 7.99. The summed E-state index contributed by atoms with van der Waals surface area (Å²) in [6.45, 7) is 0. The number of nitrogens with zero attached hydrogens (tertiary/aromatic N) is 2. The molecule has 0 unspecified atom stereocenters. The Morgan fingerprint density at radius 2 is 2.14 bits per heavy atom. The highest BCUT2D eigenvalue weighted by atomic mass is 35.5. The molecule has 0 saturated heterocycles. The zero-order chi connectivity index (χ0) is 15.6. The summed E-state index contributed by atoms with van der Waals surface area (Å²) in [7, 11) is 0. The van der Waals surface area contributed by atoms with Crippen molar-refractivity contribution in [3.63, 3.8) is 0 Å². The van der Waals surface area contributed by atoms with Crippen LogP contribution in [0.25, 0.3) is 0 Å². The lowest BCUT2D eigenvalue weighted by atomic mass is 10.3. The van der Waals surface area contributed by atoms with Crippen LogP contribution in [0.2, 0.25) is 5.02 Å². The molecule has 0 aliphatic heterocycles. The maximum atomic E-state index is 13.3. The Morgan fingerprint density at radius 1 is 1.43 bits per heavy atom. The zero-order valence-corrected chi connectivity index (χ0v) is 11.7. The molecule has 0 fully saturated rings. The van der Waals surface area contributed by atoms with Gasteiger partial charge in [-0.3, -0.25) is 10.1 Å². The van der Waals surface area contributed by atoms with Gasteiger partial charge in [-0.25, -0.2) is 14.2 Å². The first kappa shape index (κ1) is 15.2. The Balaban J connectivity index is 2.43. The van der Waals surface area contributed by atoms with Gasteiger partial charge in [-0.15, -0.1) is 0 Å². The van der Waals surface area contributed by atoms with Crippen LogP contribution >= 0.6 is 23.4 Å². The minimum absolute atomic E-state index is 0.105. The number of pyridine rings is 1. The molecule has 0 amide bonds. The Bertz CT molecular complexity index is 741. The first-order valence-electron chi connectivity index (χ1n) is 5.39. The van der Waals surface area contributed by atoms with Crippen molar-refractivity contribution in [3.8, 4) is 0 Å². The maximum Gasteiger partial charge on any atom is 0.354 e. The van der Waals surface area contributed by atoms with Gasteiger partial charge < -0.3 is 5.11 Å². The Hall–Kier alpha value is -2.19. The van der Waals surface area contributed by atoms with Crippen molar-refractivity contribution in [1.82, 2.24) is 4.98 Å². The van der Waals surface area contributed by atoms with Crippen LogP contribution in [0.15, 0.2) is 40.3 Å². The summed E-state index contributed by atoms with van der Waals surface area (Å²) in [4.78, 5) is 25.2. The molecule has 2 rings (SSSR count). The number of benzene rings is 1. The number of carboxylic acid groups (broad SMARTS) is 1. The molecule has 0 aliphatic rings. The molecule has 0 bridgehead atoms. The van der Waals surface area contributed by atoms with Crippen LogP contribution in [0.1, 0.15) is 10.5 Å². The summed E-state index contributed by atoms with van der Waals surface area (Å²) >= 11 is 6.52. The van der Waals surface area contributed by atoms with Gasteiger partial charge in [0.2, 0.25) is 0 Å². The van der Waals surface area contributed by atoms with E-state index in [4.69, 9.17) is 16.7 Å². The van der Waals surface area contributed by atoms with Gasteiger partial charge in [0, 0.05) is 11.1 Å². The number of carboxylic acids is 1. The van der Waals surface area contributed by atoms with Crippen LogP contribution in [0.5, 0.6) is 0 Å². The van der Waals surface area contributed by atoms with Gasteiger partial charge in [0.15, 0.2) is 0 Å². The number of hydrogen-bond donors (Lipinski definition) is 1. The molecular formula is C12H6ClFN2O4S. The summed E-state index contributed by atoms with van der Waals surface area (Å²) in [6.07, 6.45) is 1.27. The van der Waals surface area contributed by atoms with E-state index in [1.165, 1.54) is 18.3 Å². The monoisotopic (exact) mass is 328 g/mol. The smallest absolute Gasteiger partial charge is 0.354 e. The largest absolute Gasteiger partial charge is 0.477 e. The number of carbonyl (C=O) groups is 1. The molecule has 0 atom stereocenters. The van der Waals surface area contributed by atoms with Crippen molar-refractivity contribution in [2.75, 3.05) is 0 Å². The average molecular weight is 329 g/mol. The topological polar surface area (TPSA) is 93.3 Å². The van der Waals surface area contributed by atoms with Crippen LogP contribution < -0.4 is 0 Å². The number of nitro benzene ring substituents is 1. The Kier molecular flexibility index (Phi) is 4.39. The van der Waals surface area contributed by atoms with Crippen molar-refractivity contribution in [2.24, 2.45) is 0 Å². The van der Waals surface area contributed by atoms with E-state index in [1.807, 2.05) is 0 Å². The molecule has 1 N–H and O–H groups in total. The highest BCUT2D eigenvalue weighted by Crippen LogP contribution is 2.37. The molecule has 2 aromatic rings. The maximum absolute atomic E-state index is 13.3. The average Bonchev–Trinajstić information content (AvgIpc) is 2.42.